The summed E-state index contributed by atoms with van der Waals surface area (Å²) in [4.78, 5) is 13.7. The average molecular weight is 278 g/mol. The van der Waals surface area contributed by atoms with Gasteiger partial charge in [-0.3, -0.25) is 0 Å². The van der Waals surface area contributed by atoms with Gasteiger partial charge < -0.3 is 20.1 Å². The highest BCUT2D eigenvalue weighted by atomic mass is 16.5. The number of aryl methyl sites for hydroxylation is 1. The summed E-state index contributed by atoms with van der Waals surface area (Å²) < 4.78 is 5.57. The number of aliphatic hydroxyl groups excluding tert-OH is 1. The highest BCUT2D eigenvalue weighted by Gasteiger charge is 2.26. The zero-order chi connectivity index (χ0) is 14.7. The van der Waals surface area contributed by atoms with Crippen molar-refractivity contribution in [1.82, 2.24) is 10.2 Å². The Labute approximate surface area is 119 Å². The van der Waals surface area contributed by atoms with Crippen LogP contribution in [0.3, 0.4) is 0 Å². The molecule has 0 saturated heterocycles. The van der Waals surface area contributed by atoms with Gasteiger partial charge in [0.15, 0.2) is 0 Å². The third kappa shape index (κ3) is 3.42. The molecule has 1 aromatic rings. The molecule has 0 aliphatic carbocycles. The first-order valence-electron chi connectivity index (χ1n) is 6.90. The molecule has 20 heavy (non-hydrogen) atoms. The maximum Gasteiger partial charge on any atom is 0.317 e. The summed E-state index contributed by atoms with van der Waals surface area (Å²) in [5, 5.41) is 12.2. The summed E-state index contributed by atoms with van der Waals surface area (Å²) >= 11 is 0. The second kappa shape index (κ2) is 6.13. The fraction of sp³-hybridized carbons (Fsp3) is 0.533. The SMILES string of the molecule is Cc1ccc2c(c1)C(NC(=O)N(C)CCC(C)O)CO2. The average Bonchev–Trinajstić information content (AvgIpc) is 2.78. The number of nitrogens with zero attached hydrogens (tertiary/aromatic N) is 1. The van der Waals surface area contributed by atoms with Gasteiger partial charge in [-0.2, -0.15) is 0 Å². The van der Waals surface area contributed by atoms with Crippen LogP contribution in [0.1, 0.15) is 30.5 Å². The second-order valence-electron chi connectivity index (χ2n) is 5.41. The fourth-order valence-electron chi connectivity index (χ4n) is 2.20. The van der Waals surface area contributed by atoms with Crippen LogP contribution in [-0.2, 0) is 0 Å². The van der Waals surface area contributed by atoms with Crippen LogP contribution in [0.4, 0.5) is 4.79 Å². The first-order valence-corrected chi connectivity index (χ1v) is 6.90. The molecule has 2 rings (SSSR count). The van der Waals surface area contributed by atoms with Gasteiger partial charge >= 0.3 is 6.03 Å². The number of urea groups is 1. The molecular weight excluding hydrogens is 256 g/mol. The standard InChI is InChI=1S/C15H22N2O3/c1-10-4-5-14-12(8-10)13(9-20-14)16-15(19)17(3)7-6-11(2)18/h4-5,8,11,13,18H,6-7,9H2,1-3H3,(H,16,19). The van der Waals surface area contributed by atoms with E-state index in [1.165, 1.54) is 0 Å². The van der Waals surface area contributed by atoms with E-state index in [-0.39, 0.29) is 12.1 Å². The van der Waals surface area contributed by atoms with E-state index in [1.807, 2.05) is 25.1 Å². The number of aliphatic hydroxyl groups is 1. The molecule has 0 radical (unpaired) electrons. The molecule has 1 aliphatic rings. The van der Waals surface area contributed by atoms with Crippen molar-refractivity contribution in [2.24, 2.45) is 0 Å². The number of benzene rings is 1. The Hall–Kier alpha value is -1.75. The topological polar surface area (TPSA) is 61.8 Å². The van der Waals surface area contributed by atoms with Crippen molar-refractivity contribution in [1.29, 1.82) is 0 Å². The molecule has 0 fully saturated rings. The Morgan fingerprint density at radius 2 is 2.35 bits per heavy atom. The van der Waals surface area contributed by atoms with Gasteiger partial charge in [0, 0.05) is 19.2 Å². The first-order chi connectivity index (χ1) is 9.47. The molecule has 1 aliphatic heterocycles. The summed E-state index contributed by atoms with van der Waals surface area (Å²) in [6.07, 6.45) is 0.171. The molecule has 2 amide bonds. The van der Waals surface area contributed by atoms with E-state index >= 15 is 0 Å². The van der Waals surface area contributed by atoms with Gasteiger partial charge in [0.2, 0.25) is 0 Å². The Kier molecular flexibility index (Phi) is 4.49. The normalized spacial score (nSPS) is 18.1. The quantitative estimate of drug-likeness (QED) is 0.883. The Bertz CT molecular complexity index is 488. The molecule has 0 saturated carbocycles. The molecular formula is C15H22N2O3. The molecule has 5 nitrogen and oxygen atoms in total. The molecule has 5 heteroatoms. The summed E-state index contributed by atoms with van der Waals surface area (Å²) in [5.74, 6) is 0.840. The van der Waals surface area contributed by atoms with Crippen LogP contribution in [0.2, 0.25) is 0 Å². The van der Waals surface area contributed by atoms with E-state index in [2.05, 4.69) is 5.32 Å². The van der Waals surface area contributed by atoms with Gasteiger partial charge in [0.1, 0.15) is 12.4 Å². The Morgan fingerprint density at radius 1 is 1.60 bits per heavy atom. The molecule has 0 spiro atoms. The van der Waals surface area contributed by atoms with E-state index in [4.69, 9.17) is 4.74 Å². The van der Waals surface area contributed by atoms with Gasteiger partial charge in [-0.15, -0.1) is 0 Å². The monoisotopic (exact) mass is 278 g/mol. The van der Waals surface area contributed by atoms with Crippen molar-refractivity contribution in [3.05, 3.63) is 29.3 Å². The lowest BCUT2D eigenvalue weighted by atomic mass is 10.1. The van der Waals surface area contributed by atoms with Gasteiger partial charge in [-0.25, -0.2) is 4.79 Å². The number of carbonyl (C=O) groups is 1. The smallest absolute Gasteiger partial charge is 0.317 e. The molecule has 0 bridgehead atoms. The maximum absolute atomic E-state index is 12.1. The molecule has 2 unspecified atom stereocenters. The molecule has 1 heterocycles. The second-order valence-corrected chi connectivity index (χ2v) is 5.41. The van der Waals surface area contributed by atoms with E-state index in [0.29, 0.717) is 19.6 Å². The van der Waals surface area contributed by atoms with E-state index in [1.54, 1.807) is 18.9 Å². The minimum absolute atomic E-state index is 0.105. The van der Waals surface area contributed by atoms with Crippen LogP contribution in [0.15, 0.2) is 18.2 Å². The third-order valence-electron chi connectivity index (χ3n) is 3.47. The maximum atomic E-state index is 12.1. The first kappa shape index (κ1) is 14.7. The van der Waals surface area contributed by atoms with Gasteiger partial charge in [0.25, 0.3) is 0 Å². The zero-order valence-corrected chi connectivity index (χ0v) is 12.2. The number of amides is 2. The lowest BCUT2D eigenvalue weighted by Gasteiger charge is -2.21. The van der Waals surface area contributed by atoms with Gasteiger partial charge in [-0.1, -0.05) is 17.7 Å². The summed E-state index contributed by atoms with van der Waals surface area (Å²) in [6.45, 7) is 4.73. The predicted octanol–water partition coefficient (Wildman–Crippen LogP) is 1.84. The van der Waals surface area contributed by atoms with Crippen molar-refractivity contribution in [2.75, 3.05) is 20.2 Å². The zero-order valence-electron chi connectivity index (χ0n) is 12.2. The van der Waals surface area contributed by atoms with Crippen LogP contribution in [0.25, 0.3) is 0 Å². The highest BCUT2D eigenvalue weighted by Crippen LogP contribution is 2.32. The van der Waals surface area contributed by atoms with Crippen molar-refractivity contribution in [3.63, 3.8) is 0 Å². The van der Waals surface area contributed by atoms with Crippen LogP contribution in [0.5, 0.6) is 5.75 Å². The van der Waals surface area contributed by atoms with Crippen LogP contribution >= 0.6 is 0 Å². The fourth-order valence-corrected chi connectivity index (χ4v) is 2.20. The number of rotatable bonds is 4. The van der Waals surface area contributed by atoms with Crippen molar-refractivity contribution in [3.8, 4) is 5.75 Å². The molecule has 1 aromatic carbocycles. The third-order valence-corrected chi connectivity index (χ3v) is 3.47. The molecule has 2 atom stereocenters. The lowest BCUT2D eigenvalue weighted by molar-refractivity contribution is 0.161. The number of hydrogen-bond acceptors (Lipinski definition) is 3. The predicted molar refractivity (Wildman–Crippen MR) is 76.9 cm³/mol. The van der Waals surface area contributed by atoms with Crippen molar-refractivity contribution < 1.29 is 14.6 Å². The van der Waals surface area contributed by atoms with Crippen LogP contribution in [0, 0.1) is 6.92 Å². The van der Waals surface area contributed by atoms with Gasteiger partial charge in [0.05, 0.1) is 12.1 Å². The summed E-state index contributed by atoms with van der Waals surface area (Å²) in [7, 11) is 1.73. The number of fused-ring (bicyclic) bond motifs is 1. The van der Waals surface area contributed by atoms with E-state index in [9.17, 15) is 9.90 Å². The summed E-state index contributed by atoms with van der Waals surface area (Å²) in [6, 6.07) is 5.73. The highest BCUT2D eigenvalue weighted by molar-refractivity contribution is 5.74. The Balaban J connectivity index is 1.95. The minimum atomic E-state index is -0.400. The van der Waals surface area contributed by atoms with Crippen molar-refractivity contribution >= 4 is 6.03 Å². The number of carbonyl (C=O) groups excluding carboxylic acids is 1. The minimum Gasteiger partial charge on any atom is -0.491 e. The number of hydrogen-bond donors (Lipinski definition) is 2. The van der Waals surface area contributed by atoms with Crippen LogP contribution < -0.4 is 10.1 Å². The van der Waals surface area contributed by atoms with E-state index in [0.717, 1.165) is 16.9 Å². The molecule has 2 N–H and O–H groups in total. The van der Waals surface area contributed by atoms with Crippen molar-refractivity contribution in [2.45, 2.75) is 32.4 Å². The largest absolute Gasteiger partial charge is 0.491 e. The van der Waals surface area contributed by atoms with E-state index < -0.39 is 6.10 Å². The van der Waals surface area contributed by atoms with Gasteiger partial charge in [-0.05, 0) is 26.3 Å². The molecule has 0 aromatic heterocycles. The van der Waals surface area contributed by atoms with Crippen LogP contribution in [-0.4, -0.2) is 42.3 Å². The molecule has 110 valence electrons. The number of nitrogens with one attached hydrogen (secondary N) is 1. The summed E-state index contributed by atoms with van der Waals surface area (Å²) in [5.41, 5.74) is 2.18. The lowest BCUT2D eigenvalue weighted by Crippen LogP contribution is -2.40. The Morgan fingerprint density at radius 3 is 3.05 bits per heavy atom. The number of ether oxygens (including phenoxy) is 1.